The first kappa shape index (κ1) is 24.4. The molecular formula is C28H28N2O4S. The Balaban J connectivity index is 1.61. The van der Waals surface area contributed by atoms with Crippen LogP contribution in [0.25, 0.3) is 22.0 Å². The Hall–Kier alpha value is -3.71. The van der Waals surface area contributed by atoms with Crippen LogP contribution in [0.3, 0.4) is 0 Å². The van der Waals surface area contributed by atoms with Gasteiger partial charge in [0, 0.05) is 35.4 Å². The standard InChI is InChI=1S/C28H28N2O4S/c1-5-34-28(33)25-22(20-9-7-6-8-10-20)16-35-27(25)29-23(31)11-12-30-24(32)15-18(3)21-14-17(2)13-19(4)26(21)30/h6-10,13-16H,5,11-12H2,1-4H3,(H,29,31). The average Bonchev–Trinajstić information content (AvgIpc) is 3.23. The molecule has 2 aromatic heterocycles. The molecular weight excluding hydrogens is 460 g/mol. The molecule has 35 heavy (non-hydrogen) atoms. The summed E-state index contributed by atoms with van der Waals surface area (Å²) in [6.45, 7) is 8.15. The molecule has 2 heterocycles. The second-order valence-electron chi connectivity index (χ2n) is 8.53. The highest BCUT2D eigenvalue weighted by molar-refractivity contribution is 7.15. The summed E-state index contributed by atoms with van der Waals surface area (Å²) in [5, 5.41) is 6.18. The van der Waals surface area contributed by atoms with Crippen LogP contribution in [0.5, 0.6) is 0 Å². The first-order valence-electron chi connectivity index (χ1n) is 11.6. The number of nitrogens with zero attached hydrogens (tertiary/aromatic N) is 1. The number of ether oxygens (including phenoxy) is 1. The van der Waals surface area contributed by atoms with E-state index >= 15 is 0 Å². The largest absolute Gasteiger partial charge is 0.462 e. The Morgan fingerprint density at radius 1 is 1.03 bits per heavy atom. The van der Waals surface area contributed by atoms with Gasteiger partial charge in [-0.1, -0.05) is 42.0 Å². The van der Waals surface area contributed by atoms with Crippen LogP contribution >= 0.6 is 11.3 Å². The van der Waals surface area contributed by atoms with Gasteiger partial charge in [-0.2, -0.15) is 0 Å². The molecule has 0 fully saturated rings. The van der Waals surface area contributed by atoms with E-state index in [0.29, 0.717) is 10.6 Å². The van der Waals surface area contributed by atoms with Crippen LogP contribution in [-0.4, -0.2) is 23.1 Å². The summed E-state index contributed by atoms with van der Waals surface area (Å²) >= 11 is 1.29. The summed E-state index contributed by atoms with van der Waals surface area (Å²) in [4.78, 5) is 38.5. The van der Waals surface area contributed by atoms with Gasteiger partial charge >= 0.3 is 5.97 Å². The number of aromatic nitrogens is 1. The lowest BCUT2D eigenvalue weighted by Crippen LogP contribution is -2.24. The summed E-state index contributed by atoms with van der Waals surface area (Å²) in [7, 11) is 0. The van der Waals surface area contributed by atoms with Crippen LogP contribution in [0.4, 0.5) is 5.00 Å². The van der Waals surface area contributed by atoms with Crippen LogP contribution in [0.15, 0.2) is 58.7 Å². The summed E-state index contributed by atoms with van der Waals surface area (Å²) in [6, 6.07) is 15.2. The second-order valence-corrected chi connectivity index (χ2v) is 9.41. The van der Waals surface area contributed by atoms with Crippen molar-refractivity contribution in [3.05, 3.63) is 86.5 Å². The Labute approximate surface area is 208 Å². The predicted octanol–water partition coefficient (Wildman–Crippen LogP) is 5.86. The summed E-state index contributed by atoms with van der Waals surface area (Å²) in [5.74, 6) is -0.753. The lowest BCUT2D eigenvalue weighted by atomic mass is 10.0. The van der Waals surface area contributed by atoms with Crippen molar-refractivity contribution >= 4 is 39.1 Å². The Morgan fingerprint density at radius 2 is 1.77 bits per heavy atom. The van der Waals surface area contributed by atoms with E-state index in [1.165, 1.54) is 11.3 Å². The Kier molecular flexibility index (Phi) is 7.17. The van der Waals surface area contributed by atoms with Gasteiger partial charge < -0.3 is 14.6 Å². The normalized spacial score (nSPS) is 11.0. The summed E-state index contributed by atoms with van der Waals surface area (Å²) in [5.41, 5.74) is 5.69. The van der Waals surface area contributed by atoms with Gasteiger partial charge in [-0.3, -0.25) is 9.59 Å². The minimum Gasteiger partial charge on any atom is -0.462 e. The molecule has 0 aliphatic carbocycles. The smallest absolute Gasteiger partial charge is 0.341 e. The van der Waals surface area contributed by atoms with Gasteiger partial charge in [0.2, 0.25) is 5.91 Å². The van der Waals surface area contributed by atoms with E-state index in [-0.39, 0.29) is 31.0 Å². The quantitative estimate of drug-likeness (QED) is 0.331. The molecule has 2 aromatic carbocycles. The Bertz CT molecular complexity index is 1470. The first-order valence-corrected chi connectivity index (χ1v) is 12.4. The average molecular weight is 489 g/mol. The minimum atomic E-state index is -0.477. The van der Waals surface area contributed by atoms with Crippen LogP contribution in [-0.2, 0) is 16.1 Å². The fourth-order valence-corrected chi connectivity index (χ4v) is 5.35. The number of carbonyl (C=O) groups is 2. The van der Waals surface area contributed by atoms with Gasteiger partial charge in [-0.15, -0.1) is 11.3 Å². The van der Waals surface area contributed by atoms with Crippen molar-refractivity contribution in [2.24, 2.45) is 0 Å². The molecule has 0 saturated heterocycles. The predicted molar refractivity (Wildman–Crippen MR) is 141 cm³/mol. The maximum absolute atomic E-state index is 12.9. The zero-order chi connectivity index (χ0) is 25.1. The summed E-state index contributed by atoms with van der Waals surface area (Å²) < 4.78 is 6.93. The zero-order valence-electron chi connectivity index (χ0n) is 20.3. The van der Waals surface area contributed by atoms with E-state index in [9.17, 15) is 14.4 Å². The third-order valence-electron chi connectivity index (χ3n) is 5.92. The highest BCUT2D eigenvalue weighted by Crippen LogP contribution is 2.36. The number of esters is 1. The van der Waals surface area contributed by atoms with E-state index in [1.807, 2.05) is 62.5 Å². The number of hydrogen-bond donors (Lipinski definition) is 1. The fraction of sp³-hybridized carbons (Fsp3) is 0.250. The molecule has 0 saturated carbocycles. The molecule has 0 radical (unpaired) electrons. The Morgan fingerprint density at radius 3 is 2.49 bits per heavy atom. The maximum Gasteiger partial charge on any atom is 0.341 e. The number of rotatable bonds is 7. The van der Waals surface area contributed by atoms with E-state index in [1.54, 1.807) is 17.6 Å². The monoisotopic (exact) mass is 488 g/mol. The molecule has 180 valence electrons. The van der Waals surface area contributed by atoms with Crippen molar-refractivity contribution in [1.29, 1.82) is 0 Å². The summed E-state index contributed by atoms with van der Waals surface area (Å²) in [6.07, 6.45) is 0.0895. The molecule has 0 unspecified atom stereocenters. The van der Waals surface area contributed by atoms with Crippen LogP contribution in [0.1, 0.15) is 40.4 Å². The van der Waals surface area contributed by atoms with Gasteiger partial charge in [0.05, 0.1) is 12.1 Å². The highest BCUT2D eigenvalue weighted by atomic mass is 32.1. The third kappa shape index (κ3) is 5.05. The molecule has 0 bridgehead atoms. The maximum atomic E-state index is 12.9. The number of fused-ring (bicyclic) bond motifs is 1. The van der Waals surface area contributed by atoms with E-state index in [2.05, 4.69) is 11.4 Å². The third-order valence-corrected chi connectivity index (χ3v) is 6.81. The van der Waals surface area contributed by atoms with Crippen molar-refractivity contribution in [3.8, 4) is 11.1 Å². The van der Waals surface area contributed by atoms with Crippen molar-refractivity contribution in [2.45, 2.75) is 40.7 Å². The number of pyridine rings is 1. The van der Waals surface area contributed by atoms with E-state index in [0.717, 1.165) is 38.7 Å². The van der Waals surface area contributed by atoms with Crippen LogP contribution in [0, 0.1) is 20.8 Å². The fourth-order valence-electron chi connectivity index (χ4n) is 4.38. The van der Waals surface area contributed by atoms with Gasteiger partial charge in [0.1, 0.15) is 10.6 Å². The molecule has 4 rings (SSSR count). The number of anilines is 1. The number of benzene rings is 2. The molecule has 4 aromatic rings. The van der Waals surface area contributed by atoms with Gasteiger partial charge in [-0.25, -0.2) is 4.79 Å². The molecule has 0 aliphatic rings. The number of carbonyl (C=O) groups excluding carboxylic acids is 2. The number of thiophene rings is 1. The van der Waals surface area contributed by atoms with Crippen LogP contribution in [0.2, 0.25) is 0 Å². The number of aryl methyl sites for hydroxylation is 4. The van der Waals surface area contributed by atoms with Crippen molar-refractivity contribution < 1.29 is 14.3 Å². The van der Waals surface area contributed by atoms with E-state index in [4.69, 9.17) is 4.74 Å². The SMILES string of the molecule is CCOC(=O)c1c(-c2ccccc2)csc1NC(=O)CCn1c(=O)cc(C)c2cc(C)cc(C)c21. The van der Waals surface area contributed by atoms with Crippen molar-refractivity contribution in [3.63, 3.8) is 0 Å². The molecule has 1 amide bonds. The van der Waals surface area contributed by atoms with Gasteiger partial charge in [0.15, 0.2) is 0 Å². The van der Waals surface area contributed by atoms with Crippen molar-refractivity contribution in [2.75, 3.05) is 11.9 Å². The van der Waals surface area contributed by atoms with Gasteiger partial charge in [-0.05, 0) is 50.5 Å². The number of amides is 1. The topological polar surface area (TPSA) is 77.4 Å². The van der Waals surface area contributed by atoms with Crippen LogP contribution < -0.4 is 10.9 Å². The minimum absolute atomic E-state index is 0.0895. The molecule has 0 aliphatic heterocycles. The first-order chi connectivity index (χ1) is 16.8. The number of nitrogens with one attached hydrogen (secondary N) is 1. The molecule has 1 N–H and O–H groups in total. The molecule has 0 atom stereocenters. The van der Waals surface area contributed by atoms with Crippen molar-refractivity contribution in [1.82, 2.24) is 4.57 Å². The molecule has 0 spiro atoms. The lowest BCUT2D eigenvalue weighted by Gasteiger charge is -2.15. The number of hydrogen-bond acceptors (Lipinski definition) is 5. The van der Waals surface area contributed by atoms with E-state index < -0.39 is 5.97 Å². The zero-order valence-corrected chi connectivity index (χ0v) is 21.1. The van der Waals surface area contributed by atoms with Gasteiger partial charge in [0.25, 0.3) is 5.56 Å². The highest BCUT2D eigenvalue weighted by Gasteiger charge is 2.23. The lowest BCUT2D eigenvalue weighted by molar-refractivity contribution is -0.116. The molecule has 7 heteroatoms. The molecule has 6 nitrogen and oxygen atoms in total. The second kappa shape index (κ2) is 10.3.